The lowest BCUT2D eigenvalue weighted by molar-refractivity contribution is -0.115. The second kappa shape index (κ2) is 6.34. The summed E-state index contributed by atoms with van der Waals surface area (Å²) in [6.07, 6.45) is 8.97. The molecule has 1 aliphatic rings. The van der Waals surface area contributed by atoms with Gasteiger partial charge >= 0.3 is 0 Å². The summed E-state index contributed by atoms with van der Waals surface area (Å²) in [6.45, 7) is 5.56. The first-order chi connectivity index (χ1) is 11.1. The Morgan fingerprint density at radius 2 is 2.26 bits per heavy atom. The molecule has 0 fully saturated rings. The average molecular weight is 326 g/mol. The van der Waals surface area contributed by atoms with E-state index in [1.54, 1.807) is 6.20 Å². The lowest BCUT2D eigenvalue weighted by Crippen LogP contribution is -2.28. The standard InChI is InChI=1S/C18H16ClN3O/c1-3-16(23)21-15-9-5-7-13(11(15)2)14-8-4-6-12-10-20-18(19)22-17(12)14/h3-11,13H,1H2,2H3,(H,21,23). The summed E-state index contributed by atoms with van der Waals surface area (Å²) in [6, 6.07) is 5.98. The van der Waals surface area contributed by atoms with E-state index in [4.69, 9.17) is 11.6 Å². The Morgan fingerprint density at radius 1 is 1.43 bits per heavy atom. The topological polar surface area (TPSA) is 54.9 Å². The van der Waals surface area contributed by atoms with Crippen LogP contribution in [0.1, 0.15) is 18.4 Å². The van der Waals surface area contributed by atoms with Crippen molar-refractivity contribution >= 4 is 28.4 Å². The van der Waals surface area contributed by atoms with Crippen molar-refractivity contribution in [2.75, 3.05) is 0 Å². The van der Waals surface area contributed by atoms with E-state index in [1.165, 1.54) is 6.08 Å². The molecule has 1 amide bonds. The third-order valence-electron chi connectivity index (χ3n) is 4.05. The highest BCUT2D eigenvalue weighted by Crippen LogP contribution is 2.36. The fourth-order valence-corrected chi connectivity index (χ4v) is 2.97. The van der Waals surface area contributed by atoms with Crippen molar-refractivity contribution in [2.24, 2.45) is 5.92 Å². The monoisotopic (exact) mass is 325 g/mol. The predicted molar refractivity (Wildman–Crippen MR) is 92.0 cm³/mol. The van der Waals surface area contributed by atoms with Crippen LogP contribution in [-0.4, -0.2) is 15.9 Å². The molecule has 5 heteroatoms. The van der Waals surface area contributed by atoms with Gasteiger partial charge in [0.1, 0.15) is 0 Å². The molecule has 1 heterocycles. The number of nitrogens with one attached hydrogen (secondary N) is 1. The van der Waals surface area contributed by atoms with Gasteiger partial charge in [-0.3, -0.25) is 4.79 Å². The number of para-hydroxylation sites is 1. The minimum Gasteiger partial charge on any atom is -0.326 e. The number of carbonyl (C=O) groups excluding carboxylic acids is 1. The summed E-state index contributed by atoms with van der Waals surface area (Å²) in [4.78, 5) is 20.0. The molecule has 0 saturated carbocycles. The summed E-state index contributed by atoms with van der Waals surface area (Å²) >= 11 is 5.96. The zero-order valence-electron chi connectivity index (χ0n) is 12.7. The molecule has 0 spiro atoms. The van der Waals surface area contributed by atoms with Crippen molar-refractivity contribution in [2.45, 2.75) is 12.8 Å². The second-order valence-corrected chi connectivity index (χ2v) is 5.78. The third kappa shape index (κ3) is 3.03. The van der Waals surface area contributed by atoms with E-state index in [-0.39, 0.29) is 23.0 Å². The predicted octanol–water partition coefficient (Wildman–Crippen LogP) is 3.76. The number of aromatic nitrogens is 2. The van der Waals surface area contributed by atoms with E-state index in [1.807, 2.05) is 30.4 Å². The maximum Gasteiger partial charge on any atom is 0.247 e. The fraction of sp³-hybridized carbons (Fsp3) is 0.167. The van der Waals surface area contributed by atoms with Crippen LogP contribution in [0.25, 0.3) is 10.9 Å². The molecule has 0 saturated heterocycles. The zero-order chi connectivity index (χ0) is 16.4. The third-order valence-corrected chi connectivity index (χ3v) is 4.23. The lowest BCUT2D eigenvalue weighted by Gasteiger charge is -2.27. The number of rotatable bonds is 3. The van der Waals surface area contributed by atoms with Crippen molar-refractivity contribution < 1.29 is 4.79 Å². The average Bonchev–Trinajstić information content (AvgIpc) is 2.56. The largest absolute Gasteiger partial charge is 0.326 e. The van der Waals surface area contributed by atoms with Gasteiger partial charge in [0.25, 0.3) is 0 Å². The molecular weight excluding hydrogens is 310 g/mol. The van der Waals surface area contributed by atoms with E-state index in [9.17, 15) is 4.79 Å². The van der Waals surface area contributed by atoms with Gasteiger partial charge in [-0.15, -0.1) is 0 Å². The fourth-order valence-electron chi connectivity index (χ4n) is 2.84. The Labute approximate surface area is 139 Å². The summed E-state index contributed by atoms with van der Waals surface area (Å²) < 4.78 is 0. The SMILES string of the molecule is C=CC(=O)NC1=CC=CC(c2cccc3cnc(Cl)nc23)C1C. The van der Waals surface area contributed by atoms with Crippen LogP contribution >= 0.6 is 11.6 Å². The minimum atomic E-state index is -0.208. The maximum absolute atomic E-state index is 11.6. The quantitative estimate of drug-likeness (QED) is 0.690. The number of fused-ring (bicyclic) bond motifs is 1. The lowest BCUT2D eigenvalue weighted by atomic mass is 9.81. The van der Waals surface area contributed by atoms with Crippen LogP contribution in [0.15, 0.2) is 61.0 Å². The number of hydrogen-bond donors (Lipinski definition) is 1. The summed E-state index contributed by atoms with van der Waals surface area (Å²) in [5.41, 5.74) is 2.76. The van der Waals surface area contributed by atoms with Gasteiger partial charge in [-0.05, 0) is 29.3 Å². The van der Waals surface area contributed by atoms with Gasteiger partial charge < -0.3 is 5.32 Å². The van der Waals surface area contributed by atoms with E-state index in [2.05, 4.69) is 34.9 Å². The van der Waals surface area contributed by atoms with Gasteiger partial charge in [0.15, 0.2) is 0 Å². The molecule has 0 bridgehead atoms. The summed E-state index contributed by atoms with van der Waals surface area (Å²) in [5.74, 6) is -0.0153. The van der Waals surface area contributed by atoms with E-state index >= 15 is 0 Å². The molecular formula is C18H16ClN3O. The van der Waals surface area contributed by atoms with Crippen LogP contribution in [0, 0.1) is 5.92 Å². The summed E-state index contributed by atoms with van der Waals surface area (Å²) in [5, 5.41) is 4.04. The zero-order valence-corrected chi connectivity index (χ0v) is 13.4. The highest BCUT2D eigenvalue weighted by molar-refractivity contribution is 6.28. The number of halogens is 1. The second-order valence-electron chi connectivity index (χ2n) is 5.44. The Morgan fingerprint density at radius 3 is 3.04 bits per heavy atom. The van der Waals surface area contributed by atoms with Crippen molar-refractivity contribution in [3.05, 3.63) is 71.8 Å². The summed E-state index contributed by atoms with van der Waals surface area (Å²) in [7, 11) is 0. The highest BCUT2D eigenvalue weighted by Gasteiger charge is 2.25. The molecule has 23 heavy (non-hydrogen) atoms. The van der Waals surface area contributed by atoms with Gasteiger partial charge in [-0.25, -0.2) is 9.97 Å². The molecule has 2 unspecified atom stereocenters. The number of amides is 1. The van der Waals surface area contributed by atoms with Crippen LogP contribution < -0.4 is 5.32 Å². The van der Waals surface area contributed by atoms with Crippen LogP contribution in [-0.2, 0) is 4.79 Å². The number of carbonyl (C=O) groups is 1. The van der Waals surface area contributed by atoms with Crippen molar-refractivity contribution in [3.8, 4) is 0 Å². The van der Waals surface area contributed by atoms with Crippen LogP contribution in [0.3, 0.4) is 0 Å². The number of benzene rings is 1. The van der Waals surface area contributed by atoms with Gasteiger partial charge in [0.05, 0.1) is 5.52 Å². The number of hydrogen-bond acceptors (Lipinski definition) is 3. The van der Waals surface area contributed by atoms with E-state index in [0.717, 1.165) is 22.2 Å². The Bertz CT molecular complexity index is 841. The normalized spacial score (nSPS) is 20.2. The van der Waals surface area contributed by atoms with E-state index < -0.39 is 0 Å². The minimum absolute atomic E-state index is 0.0924. The first kappa shape index (κ1) is 15.4. The van der Waals surface area contributed by atoms with Crippen molar-refractivity contribution in [3.63, 3.8) is 0 Å². The van der Waals surface area contributed by atoms with Gasteiger partial charge in [-0.2, -0.15) is 0 Å². The molecule has 1 aliphatic carbocycles. The number of allylic oxidation sites excluding steroid dienone is 4. The van der Waals surface area contributed by atoms with Crippen LogP contribution in [0.5, 0.6) is 0 Å². The molecule has 3 rings (SSSR count). The van der Waals surface area contributed by atoms with Gasteiger partial charge in [0, 0.05) is 29.1 Å². The van der Waals surface area contributed by atoms with Gasteiger partial charge in [-0.1, -0.05) is 43.9 Å². The molecule has 1 aromatic carbocycles. The van der Waals surface area contributed by atoms with Crippen LogP contribution in [0.2, 0.25) is 5.28 Å². The molecule has 0 radical (unpaired) electrons. The Hall–Kier alpha value is -2.46. The van der Waals surface area contributed by atoms with Crippen molar-refractivity contribution in [1.29, 1.82) is 0 Å². The molecule has 1 aromatic heterocycles. The first-order valence-electron chi connectivity index (χ1n) is 7.33. The van der Waals surface area contributed by atoms with Gasteiger partial charge in [0.2, 0.25) is 11.2 Å². The Kier molecular flexibility index (Phi) is 4.26. The smallest absolute Gasteiger partial charge is 0.247 e. The molecule has 0 aliphatic heterocycles. The first-order valence-corrected chi connectivity index (χ1v) is 7.71. The highest BCUT2D eigenvalue weighted by atomic mass is 35.5. The Balaban J connectivity index is 2.01. The molecule has 2 atom stereocenters. The van der Waals surface area contributed by atoms with E-state index in [0.29, 0.717) is 0 Å². The number of nitrogens with zero attached hydrogens (tertiary/aromatic N) is 2. The maximum atomic E-state index is 11.6. The molecule has 116 valence electrons. The van der Waals surface area contributed by atoms with Crippen molar-refractivity contribution in [1.82, 2.24) is 15.3 Å². The molecule has 4 nitrogen and oxygen atoms in total. The molecule has 2 aromatic rings. The van der Waals surface area contributed by atoms with Crippen LogP contribution in [0.4, 0.5) is 0 Å². The molecule has 1 N–H and O–H groups in total.